The third kappa shape index (κ3) is 2.38. The second-order valence-electron chi connectivity index (χ2n) is 9.07. The molecule has 4 aliphatic carbocycles. The molecule has 6 nitrogen and oxygen atoms in total. The lowest BCUT2D eigenvalue weighted by atomic mass is 9.81. The molecule has 5 rings (SSSR count). The number of carbonyl (C=O) groups excluding carboxylic acids is 1. The molecule has 0 radical (unpaired) electrons. The summed E-state index contributed by atoms with van der Waals surface area (Å²) in [6.45, 7) is 0. The van der Waals surface area contributed by atoms with Gasteiger partial charge in [0.05, 0.1) is 22.6 Å². The molecule has 2 N–H and O–H groups in total. The fraction of sp³-hybridized carbons (Fsp3) is 0.750. The zero-order valence-electron chi connectivity index (χ0n) is 15.5. The van der Waals surface area contributed by atoms with E-state index in [4.69, 9.17) is 4.74 Å². The van der Waals surface area contributed by atoms with E-state index in [9.17, 15) is 4.79 Å². The number of carbonyl (C=O) groups is 1. The molecule has 4 saturated carbocycles. The van der Waals surface area contributed by atoms with Crippen molar-refractivity contribution in [3.05, 3.63) is 18.5 Å². The Morgan fingerprint density at radius 3 is 2.62 bits per heavy atom. The van der Waals surface area contributed by atoms with Gasteiger partial charge in [0.15, 0.2) is 0 Å². The van der Waals surface area contributed by atoms with E-state index in [2.05, 4.69) is 20.6 Å². The standard InChI is InChI=1S/C20H28N4O2/c1-26-19-7-5-18(13-19,6-8-19)16(25)23-15-11-14-3-4-20(15,12-14)24-17-21-9-2-10-22-17/h2,9-10,14-15H,3-8,11-13H2,1H3,(H,23,25)(H,21,22,24). The Morgan fingerprint density at radius 2 is 1.96 bits per heavy atom. The fourth-order valence-electron chi connectivity index (χ4n) is 6.29. The summed E-state index contributed by atoms with van der Waals surface area (Å²) in [6, 6.07) is 2.00. The van der Waals surface area contributed by atoms with E-state index in [1.54, 1.807) is 19.5 Å². The second-order valence-corrected chi connectivity index (χ2v) is 9.07. The number of rotatable bonds is 5. The Labute approximate surface area is 154 Å². The average molecular weight is 356 g/mol. The van der Waals surface area contributed by atoms with Crippen molar-refractivity contribution in [2.45, 2.75) is 75.0 Å². The molecular formula is C20H28N4O2. The topological polar surface area (TPSA) is 76.1 Å². The Kier molecular flexibility index (Phi) is 3.58. The number of amides is 1. The SMILES string of the molecule is COC12CCC(C(=O)NC3CC4CCC3(Nc3ncccn3)C4)(CC1)C2. The number of aromatic nitrogens is 2. The van der Waals surface area contributed by atoms with Crippen LogP contribution in [-0.4, -0.2) is 40.2 Å². The van der Waals surface area contributed by atoms with Gasteiger partial charge in [-0.3, -0.25) is 4.79 Å². The number of nitrogens with one attached hydrogen (secondary N) is 2. The van der Waals surface area contributed by atoms with Gasteiger partial charge in [-0.1, -0.05) is 0 Å². The Hall–Kier alpha value is -1.69. The van der Waals surface area contributed by atoms with Crippen molar-refractivity contribution in [1.82, 2.24) is 15.3 Å². The molecule has 26 heavy (non-hydrogen) atoms. The van der Waals surface area contributed by atoms with Gasteiger partial charge in [-0.2, -0.15) is 0 Å². The van der Waals surface area contributed by atoms with E-state index in [1.807, 2.05) is 6.07 Å². The third-order valence-corrected chi connectivity index (χ3v) is 7.81. The van der Waals surface area contributed by atoms with Crippen molar-refractivity contribution in [1.29, 1.82) is 0 Å². The van der Waals surface area contributed by atoms with Crippen LogP contribution in [0.1, 0.15) is 57.8 Å². The van der Waals surface area contributed by atoms with Crippen LogP contribution in [0.2, 0.25) is 0 Å². The molecule has 0 saturated heterocycles. The first-order chi connectivity index (χ1) is 12.6. The van der Waals surface area contributed by atoms with Crippen molar-refractivity contribution in [2.24, 2.45) is 11.3 Å². The number of hydrogen-bond donors (Lipinski definition) is 2. The monoisotopic (exact) mass is 356 g/mol. The first-order valence-electron chi connectivity index (χ1n) is 9.99. The van der Waals surface area contributed by atoms with Crippen LogP contribution >= 0.6 is 0 Å². The molecule has 140 valence electrons. The summed E-state index contributed by atoms with van der Waals surface area (Å²) in [5.41, 5.74) is -0.337. The summed E-state index contributed by atoms with van der Waals surface area (Å²) in [4.78, 5) is 22.0. The molecule has 4 bridgehead atoms. The maximum Gasteiger partial charge on any atom is 0.226 e. The van der Waals surface area contributed by atoms with Gasteiger partial charge in [0, 0.05) is 19.5 Å². The lowest BCUT2D eigenvalue weighted by Crippen LogP contribution is -2.56. The van der Waals surface area contributed by atoms with Crippen LogP contribution in [0.25, 0.3) is 0 Å². The average Bonchev–Trinajstić information content (AvgIpc) is 3.41. The van der Waals surface area contributed by atoms with Crippen LogP contribution in [0.15, 0.2) is 18.5 Å². The molecule has 4 aliphatic rings. The molecule has 1 aromatic rings. The quantitative estimate of drug-likeness (QED) is 0.848. The Balaban J connectivity index is 1.33. The molecular weight excluding hydrogens is 328 g/mol. The van der Waals surface area contributed by atoms with Crippen LogP contribution < -0.4 is 10.6 Å². The molecule has 3 unspecified atom stereocenters. The zero-order chi connectivity index (χ0) is 17.8. The Morgan fingerprint density at radius 1 is 1.19 bits per heavy atom. The van der Waals surface area contributed by atoms with Gasteiger partial charge in [-0.05, 0) is 69.8 Å². The highest BCUT2D eigenvalue weighted by Crippen LogP contribution is 2.58. The highest BCUT2D eigenvalue weighted by molar-refractivity contribution is 5.84. The minimum atomic E-state index is -0.206. The largest absolute Gasteiger partial charge is 0.378 e. The third-order valence-electron chi connectivity index (χ3n) is 7.81. The second kappa shape index (κ2) is 5.65. The van der Waals surface area contributed by atoms with Gasteiger partial charge in [-0.25, -0.2) is 9.97 Å². The van der Waals surface area contributed by atoms with Gasteiger partial charge < -0.3 is 15.4 Å². The van der Waals surface area contributed by atoms with E-state index >= 15 is 0 Å². The molecule has 1 heterocycles. The predicted molar refractivity (Wildman–Crippen MR) is 97.5 cm³/mol. The van der Waals surface area contributed by atoms with Crippen LogP contribution in [0.4, 0.5) is 5.95 Å². The summed E-state index contributed by atoms with van der Waals surface area (Å²) >= 11 is 0. The Bertz CT molecular complexity index is 701. The zero-order valence-corrected chi connectivity index (χ0v) is 15.5. The molecule has 0 aromatic carbocycles. The van der Waals surface area contributed by atoms with E-state index in [0.717, 1.165) is 51.4 Å². The molecule has 0 aliphatic heterocycles. The van der Waals surface area contributed by atoms with Gasteiger partial charge in [-0.15, -0.1) is 0 Å². The first-order valence-corrected chi connectivity index (χ1v) is 9.99. The smallest absolute Gasteiger partial charge is 0.226 e. The van der Waals surface area contributed by atoms with Crippen molar-refractivity contribution >= 4 is 11.9 Å². The molecule has 3 atom stereocenters. The van der Waals surface area contributed by atoms with Gasteiger partial charge in [0.1, 0.15) is 0 Å². The highest BCUT2D eigenvalue weighted by Gasteiger charge is 2.60. The normalized spacial score (nSPS) is 43.0. The predicted octanol–water partition coefficient (Wildman–Crippen LogP) is 2.67. The molecule has 0 spiro atoms. The van der Waals surface area contributed by atoms with Gasteiger partial charge in [0.2, 0.25) is 11.9 Å². The lowest BCUT2D eigenvalue weighted by molar-refractivity contribution is -0.131. The number of hydrogen-bond acceptors (Lipinski definition) is 5. The van der Waals surface area contributed by atoms with Gasteiger partial charge in [0.25, 0.3) is 0 Å². The number of nitrogens with zero attached hydrogens (tertiary/aromatic N) is 2. The molecule has 1 amide bonds. The van der Waals surface area contributed by atoms with E-state index < -0.39 is 0 Å². The summed E-state index contributed by atoms with van der Waals surface area (Å²) in [5, 5.41) is 7.05. The summed E-state index contributed by atoms with van der Waals surface area (Å²) < 4.78 is 5.77. The summed E-state index contributed by atoms with van der Waals surface area (Å²) in [7, 11) is 1.80. The molecule has 6 heteroatoms. The number of ether oxygens (including phenoxy) is 1. The highest BCUT2D eigenvalue weighted by atomic mass is 16.5. The minimum Gasteiger partial charge on any atom is -0.378 e. The fourth-order valence-corrected chi connectivity index (χ4v) is 6.29. The lowest BCUT2D eigenvalue weighted by Gasteiger charge is -2.38. The number of fused-ring (bicyclic) bond motifs is 4. The summed E-state index contributed by atoms with van der Waals surface area (Å²) in [6.07, 6.45) is 12.9. The first kappa shape index (κ1) is 16.5. The van der Waals surface area contributed by atoms with Crippen molar-refractivity contribution < 1.29 is 9.53 Å². The van der Waals surface area contributed by atoms with Crippen LogP contribution in [0.5, 0.6) is 0 Å². The molecule has 1 aromatic heterocycles. The van der Waals surface area contributed by atoms with E-state index in [0.29, 0.717) is 11.9 Å². The maximum atomic E-state index is 13.3. The minimum absolute atomic E-state index is 0.0418. The maximum absolute atomic E-state index is 13.3. The molecule has 4 fully saturated rings. The van der Waals surface area contributed by atoms with Crippen LogP contribution in [-0.2, 0) is 9.53 Å². The van der Waals surface area contributed by atoms with Crippen molar-refractivity contribution in [2.75, 3.05) is 12.4 Å². The van der Waals surface area contributed by atoms with Crippen LogP contribution in [0.3, 0.4) is 0 Å². The van der Waals surface area contributed by atoms with Crippen molar-refractivity contribution in [3.63, 3.8) is 0 Å². The van der Waals surface area contributed by atoms with Crippen LogP contribution in [0, 0.1) is 11.3 Å². The van der Waals surface area contributed by atoms with E-state index in [1.165, 1.54) is 6.42 Å². The van der Waals surface area contributed by atoms with E-state index in [-0.39, 0.29) is 28.5 Å². The summed E-state index contributed by atoms with van der Waals surface area (Å²) in [5.74, 6) is 1.62. The number of methoxy groups -OCH3 is 1. The van der Waals surface area contributed by atoms with Gasteiger partial charge >= 0.3 is 0 Å². The number of anilines is 1. The van der Waals surface area contributed by atoms with Crippen molar-refractivity contribution in [3.8, 4) is 0 Å².